The number of benzene rings is 1. The summed E-state index contributed by atoms with van der Waals surface area (Å²) in [6.45, 7) is 6.54. The fourth-order valence-electron chi connectivity index (χ4n) is 3.15. The number of hydrogen-bond donors (Lipinski definition) is 3. The summed E-state index contributed by atoms with van der Waals surface area (Å²) in [5.41, 5.74) is 0.504. The van der Waals surface area contributed by atoms with Crippen molar-refractivity contribution in [1.82, 2.24) is 15.5 Å². The summed E-state index contributed by atoms with van der Waals surface area (Å²) in [7, 11) is 0. The van der Waals surface area contributed by atoms with Gasteiger partial charge in [0.25, 0.3) is 5.91 Å². The second-order valence-corrected chi connectivity index (χ2v) is 6.71. The largest absolute Gasteiger partial charge is 0.348 e. The molecule has 1 aliphatic heterocycles. The van der Waals surface area contributed by atoms with Crippen LogP contribution < -0.4 is 16.0 Å². The van der Waals surface area contributed by atoms with Gasteiger partial charge in [-0.25, -0.2) is 4.79 Å². The first kappa shape index (κ1) is 20.4. The van der Waals surface area contributed by atoms with E-state index in [1.54, 1.807) is 25.1 Å². The third kappa shape index (κ3) is 4.45. The molecule has 1 heterocycles. The minimum atomic E-state index is -0.921. The smallest absolute Gasteiger partial charge is 0.325 e. The van der Waals surface area contributed by atoms with Gasteiger partial charge in [0, 0.05) is 12.6 Å². The summed E-state index contributed by atoms with van der Waals surface area (Å²) < 4.78 is 0. The van der Waals surface area contributed by atoms with Crippen LogP contribution in [0.1, 0.15) is 52.1 Å². The molecule has 1 aromatic carbocycles. The van der Waals surface area contributed by atoms with E-state index < -0.39 is 17.5 Å². The van der Waals surface area contributed by atoms with E-state index in [2.05, 4.69) is 16.0 Å². The van der Waals surface area contributed by atoms with Crippen LogP contribution in [0.3, 0.4) is 0 Å². The van der Waals surface area contributed by atoms with E-state index in [1.807, 2.05) is 19.9 Å². The summed E-state index contributed by atoms with van der Waals surface area (Å²) in [5.74, 6) is -0.982. The van der Waals surface area contributed by atoms with Crippen LogP contribution in [0.4, 0.5) is 10.5 Å². The molecule has 0 spiro atoms. The molecule has 8 nitrogen and oxygen atoms in total. The Morgan fingerprint density at radius 3 is 2.44 bits per heavy atom. The molecular formula is C19H26N4O4. The third-order valence-electron chi connectivity index (χ3n) is 4.84. The minimum Gasteiger partial charge on any atom is -0.348 e. The Balaban J connectivity index is 2.02. The molecule has 27 heavy (non-hydrogen) atoms. The van der Waals surface area contributed by atoms with Crippen LogP contribution >= 0.6 is 0 Å². The van der Waals surface area contributed by atoms with E-state index >= 15 is 0 Å². The number of anilines is 1. The summed E-state index contributed by atoms with van der Waals surface area (Å²) in [6, 6.07) is 6.22. The maximum atomic E-state index is 12.6. The van der Waals surface area contributed by atoms with Crippen LogP contribution in [0.25, 0.3) is 0 Å². The summed E-state index contributed by atoms with van der Waals surface area (Å²) >= 11 is 0. The molecule has 1 aliphatic rings. The molecule has 8 heteroatoms. The van der Waals surface area contributed by atoms with Gasteiger partial charge in [0.15, 0.2) is 0 Å². The molecule has 0 saturated carbocycles. The molecule has 0 aliphatic carbocycles. The van der Waals surface area contributed by atoms with Gasteiger partial charge in [-0.2, -0.15) is 0 Å². The van der Waals surface area contributed by atoms with Crippen LogP contribution in [-0.4, -0.2) is 40.7 Å². The van der Waals surface area contributed by atoms with Crippen molar-refractivity contribution in [2.24, 2.45) is 0 Å². The first-order valence-corrected chi connectivity index (χ1v) is 9.03. The molecule has 146 valence electrons. The normalized spacial score (nSPS) is 16.7. The monoisotopic (exact) mass is 374 g/mol. The van der Waals surface area contributed by atoms with Crippen molar-refractivity contribution in [3.8, 4) is 0 Å². The van der Waals surface area contributed by atoms with Gasteiger partial charge >= 0.3 is 6.03 Å². The molecule has 1 fully saturated rings. The molecule has 1 atom stereocenters. The van der Waals surface area contributed by atoms with Gasteiger partial charge < -0.3 is 16.0 Å². The Hall–Kier alpha value is -2.90. The number of rotatable bonds is 7. The van der Waals surface area contributed by atoms with Crippen molar-refractivity contribution >= 4 is 29.4 Å². The topological polar surface area (TPSA) is 108 Å². The minimum absolute atomic E-state index is 0.183. The van der Waals surface area contributed by atoms with Crippen molar-refractivity contribution in [1.29, 1.82) is 0 Å². The van der Waals surface area contributed by atoms with Crippen molar-refractivity contribution < 1.29 is 19.2 Å². The Morgan fingerprint density at radius 1 is 1.22 bits per heavy atom. The van der Waals surface area contributed by atoms with Crippen molar-refractivity contribution in [3.63, 3.8) is 0 Å². The Labute approximate surface area is 158 Å². The number of amides is 5. The summed E-state index contributed by atoms with van der Waals surface area (Å²) in [5, 5.41) is 8.17. The van der Waals surface area contributed by atoms with E-state index in [9.17, 15) is 19.2 Å². The fraction of sp³-hybridized carbons (Fsp3) is 0.474. The molecule has 3 N–H and O–H groups in total. The van der Waals surface area contributed by atoms with Crippen molar-refractivity contribution in [2.75, 3.05) is 11.9 Å². The van der Waals surface area contributed by atoms with E-state index in [0.717, 1.165) is 10.5 Å². The standard InChI is InChI=1S/C19H26N4O4/c1-5-19(6-2)17(26)23(18(27)22-19)11-16(25)20-12(3)14-8-7-9-15(10-14)21-13(4)24/h7-10,12H,5-6,11H2,1-4H3,(H,20,25)(H,21,24)(H,22,27). The summed E-state index contributed by atoms with van der Waals surface area (Å²) in [4.78, 5) is 49.2. The lowest BCUT2D eigenvalue weighted by molar-refractivity contribution is -0.135. The van der Waals surface area contributed by atoms with Gasteiger partial charge in [-0.15, -0.1) is 0 Å². The lowest BCUT2D eigenvalue weighted by Crippen LogP contribution is -2.46. The predicted octanol–water partition coefficient (Wildman–Crippen LogP) is 1.93. The van der Waals surface area contributed by atoms with E-state index in [0.29, 0.717) is 18.5 Å². The Kier molecular flexibility index (Phi) is 6.20. The number of carbonyl (C=O) groups excluding carboxylic acids is 4. The highest BCUT2D eigenvalue weighted by Gasteiger charge is 2.49. The quantitative estimate of drug-likeness (QED) is 0.634. The van der Waals surface area contributed by atoms with Crippen molar-refractivity contribution in [3.05, 3.63) is 29.8 Å². The average molecular weight is 374 g/mol. The van der Waals surface area contributed by atoms with E-state index in [-0.39, 0.29) is 24.4 Å². The second-order valence-electron chi connectivity index (χ2n) is 6.71. The van der Waals surface area contributed by atoms with Crippen molar-refractivity contribution in [2.45, 2.75) is 52.1 Å². The number of nitrogens with one attached hydrogen (secondary N) is 3. The van der Waals surface area contributed by atoms with Crippen LogP contribution in [0.5, 0.6) is 0 Å². The average Bonchev–Trinajstić information content (AvgIpc) is 2.86. The number of imide groups is 1. The van der Waals surface area contributed by atoms with Gasteiger partial charge in [-0.1, -0.05) is 26.0 Å². The highest BCUT2D eigenvalue weighted by Crippen LogP contribution is 2.25. The molecule has 0 aromatic heterocycles. The number of carbonyl (C=O) groups is 4. The van der Waals surface area contributed by atoms with Crippen LogP contribution in [0.2, 0.25) is 0 Å². The van der Waals surface area contributed by atoms with E-state index in [4.69, 9.17) is 0 Å². The van der Waals surface area contributed by atoms with Crippen LogP contribution in [-0.2, 0) is 14.4 Å². The first-order chi connectivity index (χ1) is 12.7. The number of hydrogen-bond acceptors (Lipinski definition) is 4. The SMILES string of the molecule is CCC1(CC)NC(=O)N(CC(=O)NC(C)c2cccc(NC(C)=O)c2)C1=O. The predicted molar refractivity (Wildman–Crippen MR) is 101 cm³/mol. The molecular weight excluding hydrogens is 348 g/mol. The second kappa shape index (κ2) is 8.20. The fourth-order valence-corrected chi connectivity index (χ4v) is 3.15. The molecule has 1 unspecified atom stereocenters. The van der Waals surface area contributed by atoms with Crippen LogP contribution in [0.15, 0.2) is 24.3 Å². The Bertz CT molecular complexity index is 758. The zero-order chi connectivity index (χ0) is 20.2. The molecule has 1 saturated heterocycles. The van der Waals surface area contributed by atoms with E-state index in [1.165, 1.54) is 6.92 Å². The maximum absolute atomic E-state index is 12.6. The molecule has 5 amide bonds. The molecule has 2 rings (SSSR count). The Morgan fingerprint density at radius 2 is 1.89 bits per heavy atom. The number of nitrogens with zero attached hydrogens (tertiary/aromatic N) is 1. The zero-order valence-electron chi connectivity index (χ0n) is 16.1. The number of urea groups is 1. The van der Waals surface area contributed by atoms with Gasteiger partial charge in [0.05, 0.1) is 6.04 Å². The van der Waals surface area contributed by atoms with Gasteiger partial charge in [0.2, 0.25) is 11.8 Å². The summed E-state index contributed by atoms with van der Waals surface area (Å²) in [6.07, 6.45) is 0.942. The highest BCUT2D eigenvalue weighted by atomic mass is 16.2. The maximum Gasteiger partial charge on any atom is 0.325 e. The zero-order valence-corrected chi connectivity index (χ0v) is 16.1. The van der Waals surface area contributed by atoms with Gasteiger partial charge in [-0.05, 0) is 37.5 Å². The molecule has 1 aromatic rings. The lowest BCUT2D eigenvalue weighted by atomic mass is 9.93. The molecule has 0 bridgehead atoms. The van der Waals surface area contributed by atoms with Crippen LogP contribution in [0, 0.1) is 0 Å². The highest BCUT2D eigenvalue weighted by molar-refractivity contribution is 6.09. The first-order valence-electron chi connectivity index (χ1n) is 9.03. The van der Waals surface area contributed by atoms with Gasteiger partial charge in [-0.3, -0.25) is 19.3 Å². The third-order valence-corrected chi connectivity index (χ3v) is 4.84. The lowest BCUT2D eigenvalue weighted by Gasteiger charge is -2.23. The van der Waals surface area contributed by atoms with Gasteiger partial charge in [0.1, 0.15) is 12.1 Å². The molecule has 0 radical (unpaired) electrons.